The van der Waals surface area contributed by atoms with Gasteiger partial charge in [0.1, 0.15) is 5.60 Å². The van der Waals surface area contributed by atoms with Crippen molar-refractivity contribution in [2.24, 2.45) is 0 Å². The molecular weight excluding hydrogens is 534 g/mol. The maximum Gasteiger partial charge on any atom is 0.416 e. The average Bonchev–Trinajstić information content (AvgIpc) is 3.28. The number of anilines is 2. The lowest BCUT2D eigenvalue weighted by Gasteiger charge is -2.34. The molecular formula is C33H37N3O4S. The minimum Gasteiger partial charge on any atom is -0.464 e. The zero-order valence-corrected chi connectivity index (χ0v) is 25.3. The van der Waals surface area contributed by atoms with Crippen LogP contribution in [0.5, 0.6) is 0 Å². The smallest absolute Gasteiger partial charge is 0.416 e. The highest BCUT2D eigenvalue weighted by molar-refractivity contribution is 7.99. The number of aromatic nitrogens is 1. The van der Waals surface area contributed by atoms with Crippen molar-refractivity contribution in [2.75, 3.05) is 18.0 Å². The summed E-state index contributed by atoms with van der Waals surface area (Å²) in [4.78, 5) is 29.0. The molecule has 0 saturated heterocycles. The molecule has 4 aromatic rings. The van der Waals surface area contributed by atoms with Gasteiger partial charge in [-0.15, -0.1) is 0 Å². The zero-order chi connectivity index (χ0) is 29.5. The van der Waals surface area contributed by atoms with Crippen molar-refractivity contribution in [3.8, 4) is 11.3 Å². The number of rotatable bonds is 5. The highest BCUT2D eigenvalue weighted by Gasteiger charge is 2.27. The molecule has 0 bridgehead atoms. The molecule has 8 heteroatoms. The van der Waals surface area contributed by atoms with Crippen LogP contribution in [0, 0.1) is 0 Å². The molecule has 0 unspecified atom stereocenters. The van der Waals surface area contributed by atoms with E-state index in [1.807, 2.05) is 57.2 Å². The fraction of sp³-hybridized carbons (Fsp3) is 0.333. The number of benzene rings is 3. The summed E-state index contributed by atoms with van der Waals surface area (Å²) in [7, 11) is 0. The Morgan fingerprint density at radius 3 is 2.37 bits per heavy atom. The second-order valence-electron chi connectivity index (χ2n) is 12.4. The third-order valence-electron chi connectivity index (χ3n) is 7.01. The summed E-state index contributed by atoms with van der Waals surface area (Å²) in [6.07, 6.45) is -0.705. The van der Waals surface area contributed by atoms with Crippen molar-refractivity contribution in [3.63, 3.8) is 0 Å². The molecule has 1 aliphatic rings. The van der Waals surface area contributed by atoms with Gasteiger partial charge in [0.25, 0.3) is 0 Å². The summed E-state index contributed by atoms with van der Waals surface area (Å²) >= 11 is 1.70. The van der Waals surface area contributed by atoms with Gasteiger partial charge in [-0.05, 0) is 74.6 Å². The number of carbonyl (C=O) groups excluding carboxylic acids is 1. The predicted octanol–water partition coefficient (Wildman–Crippen LogP) is 8.65. The standard InChI is InChI=1S/C33H37N3O4S/c1-32(2,3)23-13-15-28-27(20-23)35(17-9-16-34-30(37)40-33(4,5)6)25-14-12-22(19-29(25)41-28)26-18-21-10-7-8-11-24(21)36(26)31(38)39/h7-8,10-15,18-20H,9,16-17H2,1-6H3,(H,34,37)(H,38,39). The monoisotopic (exact) mass is 571 g/mol. The van der Waals surface area contributed by atoms with E-state index in [1.165, 1.54) is 10.1 Å². The lowest BCUT2D eigenvalue weighted by atomic mass is 9.86. The van der Waals surface area contributed by atoms with Crippen molar-refractivity contribution in [1.82, 2.24) is 9.88 Å². The summed E-state index contributed by atoms with van der Waals surface area (Å²) in [6, 6.07) is 22.3. The van der Waals surface area contributed by atoms with Gasteiger partial charge in [-0.2, -0.15) is 0 Å². The van der Waals surface area contributed by atoms with Crippen LogP contribution in [0.25, 0.3) is 22.2 Å². The van der Waals surface area contributed by atoms with Gasteiger partial charge < -0.3 is 20.1 Å². The Kier molecular flexibility index (Phi) is 7.55. The van der Waals surface area contributed by atoms with E-state index in [4.69, 9.17) is 4.74 Å². The second-order valence-corrected chi connectivity index (χ2v) is 13.4. The van der Waals surface area contributed by atoms with Gasteiger partial charge in [0.15, 0.2) is 0 Å². The third kappa shape index (κ3) is 6.07. The summed E-state index contributed by atoms with van der Waals surface area (Å²) < 4.78 is 6.74. The Bertz CT molecular complexity index is 1630. The molecule has 0 aliphatic carbocycles. The third-order valence-corrected chi connectivity index (χ3v) is 8.12. The van der Waals surface area contributed by atoms with E-state index in [-0.39, 0.29) is 5.41 Å². The highest BCUT2D eigenvalue weighted by Crippen LogP contribution is 2.50. The van der Waals surface area contributed by atoms with Crippen LogP contribution in [0.1, 0.15) is 53.5 Å². The first-order chi connectivity index (χ1) is 19.3. The SMILES string of the molecule is CC(C)(C)OC(=O)NCCCN1c2ccc(-c3cc4ccccc4n3C(=O)O)cc2Sc2ccc(C(C)(C)C)cc21. The van der Waals surface area contributed by atoms with Crippen LogP contribution in [0.4, 0.5) is 21.0 Å². The summed E-state index contributed by atoms with van der Waals surface area (Å²) in [6.45, 7) is 13.4. The molecule has 1 aromatic heterocycles. The number of para-hydroxylation sites is 1. The summed E-state index contributed by atoms with van der Waals surface area (Å²) in [5.41, 5.74) is 5.06. The number of hydrogen-bond acceptors (Lipinski definition) is 5. The lowest BCUT2D eigenvalue weighted by Crippen LogP contribution is -2.34. The topological polar surface area (TPSA) is 83.8 Å². The van der Waals surface area contributed by atoms with E-state index in [9.17, 15) is 14.7 Å². The molecule has 0 atom stereocenters. The van der Waals surface area contributed by atoms with E-state index in [0.717, 1.165) is 38.5 Å². The van der Waals surface area contributed by atoms with Crippen LogP contribution in [-0.4, -0.2) is 40.6 Å². The Morgan fingerprint density at radius 1 is 0.902 bits per heavy atom. The largest absolute Gasteiger partial charge is 0.464 e. The van der Waals surface area contributed by atoms with Gasteiger partial charge in [0, 0.05) is 33.8 Å². The Morgan fingerprint density at radius 2 is 1.66 bits per heavy atom. The fourth-order valence-electron chi connectivity index (χ4n) is 5.06. The normalized spacial score (nSPS) is 13.1. The Balaban J connectivity index is 1.49. The summed E-state index contributed by atoms with van der Waals surface area (Å²) in [5, 5.41) is 13.8. The van der Waals surface area contributed by atoms with Gasteiger partial charge in [-0.3, -0.25) is 0 Å². The van der Waals surface area contributed by atoms with Crippen molar-refractivity contribution in [3.05, 3.63) is 72.3 Å². The van der Waals surface area contributed by atoms with E-state index < -0.39 is 17.8 Å². The number of carboxylic acid groups (broad SMARTS) is 1. The van der Waals surface area contributed by atoms with Crippen LogP contribution in [0.3, 0.4) is 0 Å². The Hall–Kier alpha value is -3.91. The van der Waals surface area contributed by atoms with E-state index in [1.54, 1.807) is 11.8 Å². The molecule has 1 amide bonds. The van der Waals surface area contributed by atoms with Crippen molar-refractivity contribution in [2.45, 2.75) is 68.8 Å². The molecule has 2 N–H and O–H groups in total. The maximum atomic E-state index is 12.3. The van der Waals surface area contributed by atoms with Crippen LogP contribution in [0.15, 0.2) is 76.5 Å². The number of ether oxygens (including phenoxy) is 1. The van der Waals surface area contributed by atoms with Crippen LogP contribution < -0.4 is 10.2 Å². The molecule has 0 radical (unpaired) electrons. The molecule has 3 aromatic carbocycles. The fourth-order valence-corrected chi connectivity index (χ4v) is 6.18. The van der Waals surface area contributed by atoms with Gasteiger partial charge in [-0.1, -0.05) is 62.9 Å². The van der Waals surface area contributed by atoms with Crippen LogP contribution in [0.2, 0.25) is 0 Å². The van der Waals surface area contributed by atoms with Crippen molar-refractivity contribution in [1.29, 1.82) is 0 Å². The van der Waals surface area contributed by atoms with Gasteiger partial charge in [-0.25, -0.2) is 14.2 Å². The molecule has 41 heavy (non-hydrogen) atoms. The highest BCUT2D eigenvalue weighted by atomic mass is 32.2. The average molecular weight is 572 g/mol. The van der Waals surface area contributed by atoms with E-state index in [2.05, 4.69) is 61.3 Å². The number of fused-ring (bicyclic) bond motifs is 3. The van der Waals surface area contributed by atoms with Gasteiger partial charge in [0.05, 0.1) is 22.6 Å². The number of nitrogens with zero attached hydrogens (tertiary/aromatic N) is 2. The summed E-state index contributed by atoms with van der Waals surface area (Å²) in [5.74, 6) is 0. The first-order valence-electron chi connectivity index (χ1n) is 13.9. The number of alkyl carbamates (subject to hydrolysis) is 1. The second kappa shape index (κ2) is 10.8. The minimum atomic E-state index is -1.01. The molecule has 0 saturated carbocycles. The van der Waals surface area contributed by atoms with E-state index >= 15 is 0 Å². The zero-order valence-electron chi connectivity index (χ0n) is 24.4. The number of nitrogens with one attached hydrogen (secondary N) is 1. The molecule has 0 spiro atoms. The van der Waals surface area contributed by atoms with Crippen LogP contribution in [-0.2, 0) is 10.2 Å². The number of hydrogen-bond donors (Lipinski definition) is 2. The first kappa shape index (κ1) is 28.6. The molecule has 2 heterocycles. The minimum absolute atomic E-state index is 0.00197. The van der Waals surface area contributed by atoms with Crippen molar-refractivity contribution >= 4 is 46.2 Å². The molecule has 214 valence electrons. The number of amides is 1. The molecule has 1 aliphatic heterocycles. The molecule has 5 rings (SSSR count). The molecule has 0 fully saturated rings. The van der Waals surface area contributed by atoms with Crippen molar-refractivity contribution < 1.29 is 19.4 Å². The molecule has 7 nitrogen and oxygen atoms in total. The lowest BCUT2D eigenvalue weighted by molar-refractivity contribution is 0.0527. The van der Waals surface area contributed by atoms with Crippen LogP contribution >= 0.6 is 11.8 Å². The number of carbonyl (C=O) groups is 2. The first-order valence-corrected chi connectivity index (χ1v) is 14.7. The van der Waals surface area contributed by atoms with Gasteiger partial charge >= 0.3 is 12.2 Å². The van der Waals surface area contributed by atoms with E-state index in [0.29, 0.717) is 24.3 Å². The van der Waals surface area contributed by atoms with Gasteiger partial charge in [0.2, 0.25) is 0 Å². The Labute approximate surface area is 245 Å². The quantitative estimate of drug-likeness (QED) is 0.233. The maximum absolute atomic E-state index is 12.3. The predicted molar refractivity (Wildman–Crippen MR) is 166 cm³/mol.